The highest BCUT2D eigenvalue weighted by molar-refractivity contribution is 5.84. The molecule has 2 aromatic heterocycles. The van der Waals surface area contributed by atoms with E-state index in [0.717, 1.165) is 23.2 Å². The van der Waals surface area contributed by atoms with Crippen molar-refractivity contribution in [2.24, 2.45) is 0 Å². The first-order chi connectivity index (χ1) is 20.9. The summed E-state index contributed by atoms with van der Waals surface area (Å²) in [5, 5.41) is 0. The molecule has 6 aromatic rings. The van der Waals surface area contributed by atoms with Gasteiger partial charge in [-0.05, 0) is 59.7 Å². The molecule has 7 rings (SSSR count). The molecule has 220 valence electrons. The molecule has 43 heavy (non-hydrogen) atoms. The molecule has 0 unspecified atom stereocenters. The van der Waals surface area contributed by atoms with Gasteiger partial charge in [0.1, 0.15) is 29.6 Å². The number of hydrogen-bond donors (Lipinski definition) is 2. The molecule has 0 spiro atoms. The molecule has 11 heteroatoms. The Morgan fingerprint density at radius 1 is 0.698 bits per heavy atom. The van der Waals surface area contributed by atoms with E-state index in [1.807, 2.05) is 13.8 Å². The van der Waals surface area contributed by atoms with Crippen LogP contribution < -0.4 is 0 Å². The fourth-order valence-corrected chi connectivity index (χ4v) is 4.67. The molecule has 4 aromatic carbocycles. The van der Waals surface area contributed by atoms with Gasteiger partial charge in [-0.1, -0.05) is 26.0 Å². The zero-order chi connectivity index (χ0) is 30.5. The molecule has 0 atom stereocenters. The Morgan fingerprint density at radius 2 is 1.14 bits per heavy atom. The number of benzene rings is 4. The fraction of sp³-hybridized carbons (Fsp3) is 0.156. The number of nitrogens with one attached hydrogen (secondary N) is 2. The zero-order valence-corrected chi connectivity index (χ0v) is 23.1. The lowest BCUT2D eigenvalue weighted by Crippen LogP contribution is -2.01. The van der Waals surface area contributed by atoms with Crippen molar-refractivity contribution in [1.82, 2.24) is 19.9 Å². The summed E-state index contributed by atoms with van der Waals surface area (Å²) in [5.41, 5.74) is 3.82. The second kappa shape index (κ2) is 13.0. The van der Waals surface area contributed by atoms with Crippen LogP contribution >= 0.6 is 0 Å². The van der Waals surface area contributed by atoms with Gasteiger partial charge in [-0.2, -0.15) is 0 Å². The van der Waals surface area contributed by atoms with Crippen LogP contribution in [0, 0.1) is 23.3 Å². The number of H-pyrrole nitrogens is 2. The van der Waals surface area contributed by atoms with Crippen LogP contribution in [0.5, 0.6) is 0 Å². The van der Waals surface area contributed by atoms with E-state index < -0.39 is 29.6 Å². The van der Waals surface area contributed by atoms with E-state index in [4.69, 9.17) is 9.47 Å². The minimum atomic E-state index is -0.763. The summed E-state index contributed by atoms with van der Waals surface area (Å²) >= 11 is 0. The topological polar surface area (TPSA) is 92.9 Å². The van der Waals surface area contributed by atoms with Crippen LogP contribution in [0.25, 0.3) is 44.3 Å². The molecule has 0 aliphatic carbocycles. The number of carbonyl (C=O) groups is 1. The normalized spacial score (nSPS) is 13.0. The second-order valence-electron chi connectivity index (χ2n) is 9.18. The minimum Gasteiger partial charge on any atom is -0.346 e. The van der Waals surface area contributed by atoms with E-state index in [1.165, 1.54) is 18.5 Å². The van der Waals surface area contributed by atoms with E-state index in [9.17, 15) is 22.4 Å². The molecular formula is C32H26F4N4O3. The molecule has 7 nitrogen and oxygen atoms in total. The third kappa shape index (κ3) is 6.18. The number of aromatic amines is 2. The molecule has 0 bridgehead atoms. The molecule has 1 fully saturated rings. The fourth-order valence-electron chi connectivity index (χ4n) is 4.67. The van der Waals surface area contributed by atoms with Crippen LogP contribution in [-0.4, -0.2) is 39.4 Å². The molecule has 0 saturated carbocycles. The first-order valence-electron chi connectivity index (χ1n) is 13.4. The van der Waals surface area contributed by atoms with Gasteiger partial charge in [-0.3, -0.25) is 4.79 Å². The van der Waals surface area contributed by atoms with Gasteiger partial charge >= 0.3 is 0 Å². The number of aldehydes is 1. The number of halogens is 4. The monoisotopic (exact) mass is 590 g/mol. The lowest BCUT2D eigenvalue weighted by atomic mass is 10.0. The van der Waals surface area contributed by atoms with E-state index in [-0.39, 0.29) is 16.7 Å². The van der Waals surface area contributed by atoms with Crippen molar-refractivity contribution in [3.05, 3.63) is 108 Å². The molecular weight excluding hydrogens is 564 g/mol. The Balaban J connectivity index is 0.000000164. The third-order valence-electron chi connectivity index (χ3n) is 6.58. The molecule has 3 heterocycles. The second-order valence-corrected chi connectivity index (χ2v) is 9.18. The average molecular weight is 591 g/mol. The Kier molecular flexibility index (Phi) is 8.93. The van der Waals surface area contributed by atoms with Crippen molar-refractivity contribution in [2.75, 3.05) is 13.2 Å². The number of fused-ring (bicyclic) bond motifs is 2. The van der Waals surface area contributed by atoms with Crippen molar-refractivity contribution in [2.45, 2.75) is 20.1 Å². The molecule has 2 N–H and O–H groups in total. The zero-order valence-electron chi connectivity index (χ0n) is 23.1. The Hall–Kier alpha value is -4.87. The smallest absolute Gasteiger partial charge is 0.184 e. The number of hydrogen-bond acceptors (Lipinski definition) is 5. The highest BCUT2D eigenvalue weighted by atomic mass is 19.1. The van der Waals surface area contributed by atoms with Crippen LogP contribution in [-0.2, 0) is 9.47 Å². The van der Waals surface area contributed by atoms with Gasteiger partial charge < -0.3 is 19.4 Å². The van der Waals surface area contributed by atoms with Crippen LogP contribution in [0.1, 0.15) is 36.1 Å². The van der Waals surface area contributed by atoms with Crippen molar-refractivity contribution in [3.8, 4) is 22.3 Å². The summed E-state index contributed by atoms with van der Waals surface area (Å²) in [6, 6.07) is 14.5. The van der Waals surface area contributed by atoms with Gasteiger partial charge in [0.25, 0.3) is 0 Å². The minimum absolute atomic E-state index is 0.0265. The maximum absolute atomic E-state index is 14.4. The first-order valence-corrected chi connectivity index (χ1v) is 13.4. The predicted molar refractivity (Wildman–Crippen MR) is 154 cm³/mol. The third-order valence-corrected chi connectivity index (χ3v) is 6.58. The standard InChI is InChI=1S/C16H12F2N2O2.C14H8F2N2O.C2H6/c17-11-5-10(16-21-3-4-22-16)6-12(18)15(11)9-1-2-13-14(7-9)20-8-19-13;15-10-3-8(6-19)4-11(16)14(10)9-1-2-12-13(5-9)18-7-17-12;1-2/h1-2,5-8,16H,3-4H2,(H,19,20);1-7H,(H,17,18);1-2H3. The van der Waals surface area contributed by atoms with Gasteiger partial charge in [-0.25, -0.2) is 27.5 Å². The average Bonchev–Trinajstić information content (AvgIpc) is 3.80. The number of imidazole rings is 2. The van der Waals surface area contributed by atoms with Gasteiger partial charge in [0.15, 0.2) is 6.29 Å². The Morgan fingerprint density at radius 3 is 1.58 bits per heavy atom. The summed E-state index contributed by atoms with van der Waals surface area (Å²) in [7, 11) is 0. The number of aromatic nitrogens is 4. The van der Waals surface area contributed by atoms with E-state index in [2.05, 4.69) is 19.9 Å². The van der Waals surface area contributed by atoms with Gasteiger partial charge in [0.05, 0.1) is 59.1 Å². The predicted octanol–water partition coefficient (Wildman–Crippen LogP) is 7.90. The Labute approximate surface area is 243 Å². The van der Waals surface area contributed by atoms with E-state index in [1.54, 1.807) is 42.7 Å². The number of nitrogens with zero attached hydrogens (tertiary/aromatic N) is 2. The number of carbonyl (C=O) groups excluding carboxylic acids is 1. The quantitative estimate of drug-likeness (QED) is 0.161. The van der Waals surface area contributed by atoms with Crippen molar-refractivity contribution < 1.29 is 31.8 Å². The van der Waals surface area contributed by atoms with E-state index >= 15 is 0 Å². The highest BCUT2D eigenvalue weighted by Gasteiger charge is 2.23. The summed E-state index contributed by atoms with van der Waals surface area (Å²) in [6.07, 6.45) is 2.76. The summed E-state index contributed by atoms with van der Waals surface area (Å²) in [4.78, 5) is 24.5. The maximum atomic E-state index is 14.4. The van der Waals surface area contributed by atoms with Crippen molar-refractivity contribution in [3.63, 3.8) is 0 Å². The lowest BCUT2D eigenvalue weighted by molar-refractivity contribution is -0.0444. The number of rotatable bonds is 4. The molecule has 0 amide bonds. The van der Waals surface area contributed by atoms with Crippen LogP contribution in [0.4, 0.5) is 17.6 Å². The van der Waals surface area contributed by atoms with Crippen molar-refractivity contribution >= 4 is 28.4 Å². The van der Waals surface area contributed by atoms with Gasteiger partial charge in [0.2, 0.25) is 0 Å². The molecule has 1 aliphatic heterocycles. The van der Waals surface area contributed by atoms with Crippen LogP contribution in [0.3, 0.4) is 0 Å². The van der Waals surface area contributed by atoms with Crippen LogP contribution in [0.15, 0.2) is 73.3 Å². The summed E-state index contributed by atoms with van der Waals surface area (Å²) < 4.78 is 67.1. The number of ether oxygens (including phenoxy) is 2. The highest BCUT2D eigenvalue weighted by Crippen LogP contribution is 2.33. The molecule has 0 radical (unpaired) electrons. The van der Waals surface area contributed by atoms with Crippen LogP contribution in [0.2, 0.25) is 0 Å². The Bertz CT molecular complexity index is 1850. The lowest BCUT2D eigenvalue weighted by Gasteiger charge is -2.12. The van der Waals surface area contributed by atoms with Crippen molar-refractivity contribution in [1.29, 1.82) is 0 Å². The summed E-state index contributed by atoms with van der Waals surface area (Å²) in [6.45, 7) is 4.85. The molecule has 1 saturated heterocycles. The summed E-state index contributed by atoms with van der Waals surface area (Å²) in [5.74, 6) is -2.82. The van der Waals surface area contributed by atoms with Gasteiger partial charge in [0, 0.05) is 11.1 Å². The molecule has 1 aliphatic rings. The van der Waals surface area contributed by atoms with Gasteiger partial charge in [-0.15, -0.1) is 0 Å². The largest absolute Gasteiger partial charge is 0.346 e. The maximum Gasteiger partial charge on any atom is 0.184 e. The first kappa shape index (κ1) is 29.6. The van der Waals surface area contributed by atoms with E-state index in [0.29, 0.717) is 47.2 Å². The SMILES string of the molecule is CC.Fc1cc(C2OCCO2)cc(F)c1-c1ccc2nc[nH]c2c1.O=Cc1cc(F)c(-c2ccc3nc[nH]c3c2)c(F)c1.